The summed E-state index contributed by atoms with van der Waals surface area (Å²) >= 11 is 0. The maximum absolute atomic E-state index is 11.6. The van der Waals surface area contributed by atoms with Crippen LogP contribution in [-0.4, -0.2) is 54.9 Å². The van der Waals surface area contributed by atoms with E-state index in [9.17, 15) is 9.59 Å². The van der Waals surface area contributed by atoms with Crippen LogP contribution in [0, 0.1) is 12.3 Å². The number of carboxylic acids is 1. The summed E-state index contributed by atoms with van der Waals surface area (Å²) in [7, 11) is 1.40. The van der Waals surface area contributed by atoms with Gasteiger partial charge in [-0.15, -0.1) is 6.42 Å². The SMILES string of the molecule is C#CCN(CC)C(=O)NCC(CC(=O)O)OC. The molecule has 0 spiro atoms. The van der Waals surface area contributed by atoms with Crippen LogP contribution in [0.4, 0.5) is 4.79 Å². The Morgan fingerprint density at radius 2 is 2.24 bits per heavy atom. The van der Waals surface area contributed by atoms with Gasteiger partial charge in [-0.1, -0.05) is 5.92 Å². The molecule has 2 amide bonds. The van der Waals surface area contributed by atoms with E-state index in [2.05, 4.69) is 11.2 Å². The van der Waals surface area contributed by atoms with E-state index in [1.807, 2.05) is 6.92 Å². The molecule has 1 unspecified atom stereocenters. The maximum Gasteiger partial charge on any atom is 0.318 e. The van der Waals surface area contributed by atoms with Gasteiger partial charge in [0.25, 0.3) is 0 Å². The average molecular weight is 242 g/mol. The van der Waals surface area contributed by atoms with Crippen LogP contribution in [0.15, 0.2) is 0 Å². The summed E-state index contributed by atoms with van der Waals surface area (Å²) in [5.74, 6) is 1.40. The van der Waals surface area contributed by atoms with Crippen molar-refractivity contribution < 1.29 is 19.4 Å². The Balaban J connectivity index is 4.11. The molecule has 0 saturated heterocycles. The van der Waals surface area contributed by atoms with E-state index in [1.54, 1.807) is 0 Å². The average Bonchev–Trinajstić information content (AvgIpc) is 2.30. The molecular weight excluding hydrogens is 224 g/mol. The van der Waals surface area contributed by atoms with Gasteiger partial charge in [0.1, 0.15) is 0 Å². The molecule has 0 aromatic carbocycles. The topological polar surface area (TPSA) is 78.9 Å². The van der Waals surface area contributed by atoms with Crippen molar-refractivity contribution in [2.45, 2.75) is 19.4 Å². The normalized spacial score (nSPS) is 11.4. The molecule has 0 aromatic rings. The third kappa shape index (κ3) is 6.43. The zero-order chi connectivity index (χ0) is 13.3. The van der Waals surface area contributed by atoms with Crippen LogP contribution in [0.25, 0.3) is 0 Å². The van der Waals surface area contributed by atoms with Crippen LogP contribution < -0.4 is 5.32 Å². The lowest BCUT2D eigenvalue weighted by Crippen LogP contribution is -2.43. The number of carboxylic acid groups (broad SMARTS) is 1. The monoisotopic (exact) mass is 242 g/mol. The molecule has 0 bridgehead atoms. The highest BCUT2D eigenvalue weighted by atomic mass is 16.5. The standard InChI is InChI=1S/C11H18N2O4/c1-4-6-13(5-2)11(16)12-8-9(17-3)7-10(14)15/h1,9H,5-8H2,2-3H3,(H,12,16)(H,14,15). The number of nitrogens with zero attached hydrogens (tertiary/aromatic N) is 1. The van der Waals surface area contributed by atoms with Crippen molar-refractivity contribution in [2.24, 2.45) is 0 Å². The molecule has 0 radical (unpaired) electrons. The first-order valence-electron chi connectivity index (χ1n) is 5.25. The van der Waals surface area contributed by atoms with Crippen molar-refractivity contribution in [1.82, 2.24) is 10.2 Å². The summed E-state index contributed by atoms with van der Waals surface area (Å²) in [6.07, 6.45) is 4.42. The molecule has 0 saturated carbocycles. The molecule has 0 rings (SSSR count). The minimum absolute atomic E-state index is 0.142. The molecule has 2 N–H and O–H groups in total. The molecule has 0 heterocycles. The number of methoxy groups -OCH3 is 1. The van der Waals surface area contributed by atoms with Gasteiger partial charge < -0.3 is 20.1 Å². The number of carbonyl (C=O) groups is 2. The fraction of sp³-hybridized carbons (Fsp3) is 0.636. The summed E-state index contributed by atoms with van der Waals surface area (Å²) in [5.41, 5.74) is 0. The summed E-state index contributed by atoms with van der Waals surface area (Å²) in [4.78, 5) is 23.5. The lowest BCUT2D eigenvalue weighted by molar-refractivity contribution is -0.139. The van der Waals surface area contributed by atoms with Gasteiger partial charge in [0.15, 0.2) is 0 Å². The van der Waals surface area contributed by atoms with E-state index in [-0.39, 0.29) is 25.5 Å². The van der Waals surface area contributed by atoms with Crippen LogP contribution in [-0.2, 0) is 9.53 Å². The predicted octanol–water partition coefficient (Wildman–Crippen LogP) is 0.141. The van der Waals surface area contributed by atoms with E-state index in [0.717, 1.165) is 0 Å². The van der Waals surface area contributed by atoms with Crippen molar-refractivity contribution in [3.8, 4) is 12.3 Å². The first-order valence-corrected chi connectivity index (χ1v) is 5.25. The van der Waals surface area contributed by atoms with Crippen LogP contribution in [0.3, 0.4) is 0 Å². The minimum Gasteiger partial charge on any atom is -0.481 e. The van der Waals surface area contributed by atoms with Gasteiger partial charge in [0, 0.05) is 20.2 Å². The zero-order valence-electron chi connectivity index (χ0n) is 10.1. The number of nitrogens with one attached hydrogen (secondary N) is 1. The van der Waals surface area contributed by atoms with Crippen molar-refractivity contribution in [3.05, 3.63) is 0 Å². The molecule has 0 aliphatic heterocycles. The molecule has 0 aromatic heterocycles. The largest absolute Gasteiger partial charge is 0.481 e. The number of hydrogen-bond donors (Lipinski definition) is 2. The van der Waals surface area contributed by atoms with Gasteiger partial charge in [-0.3, -0.25) is 4.79 Å². The summed E-state index contributed by atoms with van der Waals surface area (Å²) < 4.78 is 4.93. The number of hydrogen-bond acceptors (Lipinski definition) is 3. The summed E-state index contributed by atoms with van der Waals surface area (Å²) in [5, 5.41) is 11.2. The zero-order valence-corrected chi connectivity index (χ0v) is 10.1. The lowest BCUT2D eigenvalue weighted by atomic mass is 10.2. The minimum atomic E-state index is -0.970. The number of terminal acetylenes is 1. The highest BCUT2D eigenvalue weighted by Gasteiger charge is 2.15. The van der Waals surface area contributed by atoms with Crippen LogP contribution in [0.1, 0.15) is 13.3 Å². The lowest BCUT2D eigenvalue weighted by Gasteiger charge is -2.20. The molecular formula is C11H18N2O4. The van der Waals surface area contributed by atoms with Crippen LogP contribution in [0.2, 0.25) is 0 Å². The second-order valence-electron chi connectivity index (χ2n) is 3.36. The first kappa shape index (κ1) is 15.3. The molecule has 0 fully saturated rings. The Labute approximate surface area is 101 Å². The Kier molecular flexibility index (Phi) is 7.55. The van der Waals surface area contributed by atoms with Gasteiger partial charge in [-0.25, -0.2) is 4.79 Å². The Bertz CT molecular complexity index is 298. The van der Waals surface area contributed by atoms with Crippen molar-refractivity contribution in [3.63, 3.8) is 0 Å². The highest BCUT2D eigenvalue weighted by molar-refractivity contribution is 5.74. The Hall–Kier alpha value is -1.74. The third-order valence-electron chi connectivity index (χ3n) is 2.17. The third-order valence-corrected chi connectivity index (χ3v) is 2.17. The molecule has 1 atom stereocenters. The first-order chi connectivity index (χ1) is 8.04. The van der Waals surface area contributed by atoms with Crippen molar-refractivity contribution in [1.29, 1.82) is 0 Å². The summed E-state index contributed by atoms with van der Waals surface area (Å²) in [6, 6.07) is -0.321. The number of amides is 2. The molecule has 96 valence electrons. The number of urea groups is 1. The van der Waals surface area contributed by atoms with Gasteiger partial charge in [-0.05, 0) is 6.92 Å². The number of rotatable bonds is 7. The van der Waals surface area contributed by atoms with Crippen LogP contribution in [0.5, 0.6) is 0 Å². The van der Waals surface area contributed by atoms with Crippen molar-refractivity contribution in [2.75, 3.05) is 26.7 Å². The Morgan fingerprint density at radius 3 is 2.65 bits per heavy atom. The van der Waals surface area contributed by atoms with E-state index in [4.69, 9.17) is 16.3 Å². The molecule has 0 aliphatic rings. The molecule has 6 heteroatoms. The van der Waals surface area contributed by atoms with Crippen molar-refractivity contribution >= 4 is 12.0 Å². The van der Waals surface area contributed by atoms with Gasteiger partial charge >= 0.3 is 12.0 Å². The second kappa shape index (κ2) is 8.42. The highest BCUT2D eigenvalue weighted by Crippen LogP contribution is 1.96. The van der Waals surface area contributed by atoms with Gasteiger partial charge in [0.2, 0.25) is 0 Å². The Morgan fingerprint density at radius 1 is 1.59 bits per heavy atom. The van der Waals surface area contributed by atoms with E-state index in [0.29, 0.717) is 6.54 Å². The van der Waals surface area contributed by atoms with Gasteiger partial charge in [0.05, 0.1) is 19.1 Å². The molecule has 0 aliphatic carbocycles. The van der Waals surface area contributed by atoms with E-state index < -0.39 is 12.1 Å². The van der Waals surface area contributed by atoms with E-state index in [1.165, 1.54) is 12.0 Å². The smallest absolute Gasteiger partial charge is 0.318 e. The number of aliphatic carboxylic acids is 1. The fourth-order valence-electron chi connectivity index (χ4n) is 1.18. The van der Waals surface area contributed by atoms with E-state index >= 15 is 0 Å². The van der Waals surface area contributed by atoms with Gasteiger partial charge in [-0.2, -0.15) is 0 Å². The number of carbonyl (C=O) groups excluding carboxylic acids is 1. The molecule has 17 heavy (non-hydrogen) atoms. The quantitative estimate of drug-likeness (QED) is 0.622. The maximum atomic E-state index is 11.6. The summed E-state index contributed by atoms with van der Waals surface area (Å²) in [6.45, 7) is 2.66. The van der Waals surface area contributed by atoms with Crippen LogP contribution >= 0.6 is 0 Å². The second-order valence-corrected chi connectivity index (χ2v) is 3.36. The molecule has 6 nitrogen and oxygen atoms in total. The fourth-order valence-corrected chi connectivity index (χ4v) is 1.18. The predicted molar refractivity (Wildman–Crippen MR) is 62.5 cm³/mol. The number of ether oxygens (including phenoxy) is 1.